The van der Waals surface area contributed by atoms with E-state index in [0.717, 1.165) is 33.4 Å². The van der Waals surface area contributed by atoms with E-state index in [4.69, 9.17) is 9.47 Å². The normalized spacial score (nSPS) is 13.8. The van der Waals surface area contributed by atoms with Gasteiger partial charge >= 0.3 is 0 Å². The van der Waals surface area contributed by atoms with E-state index < -0.39 is 0 Å². The van der Waals surface area contributed by atoms with E-state index in [1.54, 1.807) is 36.5 Å². The molecule has 0 saturated heterocycles. The highest BCUT2D eigenvalue weighted by atomic mass is 19.1. The van der Waals surface area contributed by atoms with Gasteiger partial charge in [0.25, 0.3) is 5.91 Å². The highest BCUT2D eigenvalue weighted by Crippen LogP contribution is 2.44. The summed E-state index contributed by atoms with van der Waals surface area (Å²) in [4.78, 5) is 16.5. The zero-order chi connectivity index (χ0) is 23.5. The summed E-state index contributed by atoms with van der Waals surface area (Å²) in [6, 6.07) is 11.4. The molecule has 2 aromatic carbocycles. The molecule has 4 rings (SSSR count). The van der Waals surface area contributed by atoms with Crippen LogP contribution >= 0.6 is 0 Å². The van der Waals surface area contributed by atoms with Gasteiger partial charge < -0.3 is 19.9 Å². The number of phenolic OH excluding ortho intramolecular Hbond substituents is 1. The molecule has 1 amide bonds. The van der Waals surface area contributed by atoms with Crippen LogP contribution in [0.3, 0.4) is 0 Å². The molecule has 3 aromatic rings. The number of hydrogen-bond acceptors (Lipinski definition) is 5. The first-order chi connectivity index (χ1) is 15.9. The molecule has 33 heavy (non-hydrogen) atoms. The van der Waals surface area contributed by atoms with Crippen molar-refractivity contribution in [2.45, 2.75) is 6.92 Å². The van der Waals surface area contributed by atoms with Crippen LogP contribution < -0.4 is 14.8 Å². The van der Waals surface area contributed by atoms with E-state index in [0.29, 0.717) is 5.56 Å². The lowest BCUT2D eigenvalue weighted by Gasteiger charge is -2.11. The first kappa shape index (κ1) is 22.1. The Kier molecular flexibility index (Phi) is 6.13. The molecule has 1 aliphatic rings. The van der Waals surface area contributed by atoms with Gasteiger partial charge in [0.2, 0.25) is 5.75 Å². The summed E-state index contributed by atoms with van der Waals surface area (Å²) in [5, 5.41) is 13.1. The van der Waals surface area contributed by atoms with Crippen LogP contribution in [0.5, 0.6) is 17.2 Å². The number of pyridine rings is 1. The number of fused-ring (bicyclic) bond motifs is 1. The van der Waals surface area contributed by atoms with Gasteiger partial charge in [-0.05, 0) is 82.8 Å². The molecule has 0 spiro atoms. The van der Waals surface area contributed by atoms with Gasteiger partial charge in [0.15, 0.2) is 11.5 Å². The van der Waals surface area contributed by atoms with E-state index in [2.05, 4.69) is 10.3 Å². The van der Waals surface area contributed by atoms with Crippen molar-refractivity contribution in [1.82, 2.24) is 10.3 Å². The van der Waals surface area contributed by atoms with E-state index in [1.807, 2.05) is 13.0 Å². The minimum atomic E-state index is -0.355. The molecule has 0 fully saturated rings. The fourth-order valence-electron chi connectivity index (χ4n) is 3.91. The molecule has 6 nitrogen and oxygen atoms in total. The molecule has 0 radical (unpaired) electrons. The molecule has 2 N–H and O–H groups in total. The number of aromatic hydroxyl groups is 1. The Morgan fingerprint density at radius 1 is 1.12 bits per heavy atom. The van der Waals surface area contributed by atoms with Crippen molar-refractivity contribution in [2.75, 3.05) is 20.8 Å². The van der Waals surface area contributed by atoms with Crippen molar-refractivity contribution in [2.24, 2.45) is 0 Å². The molecular weight excluding hydrogens is 423 g/mol. The summed E-state index contributed by atoms with van der Waals surface area (Å²) in [6.45, 7) is 2.17. The number of methoxy groups -OCH3 is 2. The molecule has 0 aliphatic heterocycles. The van der Waals surface area contributed by atoms with Crippen LogP contribution in [0, 0.1) is 5.82 Å². The van der Waals surface area contributed by atoms with Crippen molar-refractivity contribution < 1.29 is 23.8 Å². The van der Waals surface area contributed by atoms with Gasteiger partial charge in [-0.25, -0.2) is 4.39 Å². The number of amides is 1. The topological polar surface area (TPSA) is 80.7 Å². The average molecular weight is 446 g/mol. The second-order valence-electron chi connectivity index (χ2n) is 7.55. The maximum atomic E-state index is 14.1. The molecule has 0 bridgehead atoms. The predicted octanol–water partition coefficient (Wildman–Crippen LogP) is 4.70. The predicted molar refractivity (Wildman–Crippen MR) is 125 cm³/mol. The number of carbonyl (C=O) groups is 1. The van der Waals surface area contributed by atoms with Crippen LogP contribution in [0.2, 0.25) is 0 Å². The molecule has 0 atom stereocenters. The fraction of sp³-hybridized carbons (Fsp3) is 0.154. The Morgan fingerprint density at radius 3 is 2.48 bits per heavy atom. The number of phenols is 1. The maximum absolute atomic E-state index is 14.1. The smallest absolute Gasteiger partial charge is 0.253 e. The molecule has 168 valence electrons. The lowest BCUT2D eigenvalue weighted by atomic mass is 10.00. The number of nitrogens with one attached hydrogen (secondary N) is 1. The zero-order valence-corrected chi connectivity index (χ0v) is 18.5. The second-order valence-corrected chi connectivity index (χ2v) is 7.55. The van der Waals surface area contributed by atoms with E-state index in [-0.39, 0.29) is 35.5 Å². The molecule has 7 heteroatoms. The van der Waals surface area contributed by atoms with Gasteiger partial charge in [-0.2, -0.15) is 0 Å². The monoisotopic (exact) mass is 446 g/mol. The number of rotatable bonds is 6. The summed E-state index contributed by atoms with van der Waals surface area (Å²) in [5.41, 5.74) is 5.39. The van der Waals surface area contributed by atoms with Crippen molar-refractivity contribution in [3.05, 3.63) is 88.5 Å². The quantitative estimate of drug-likeness (QED) is 0.574. The van der Waals surface area contributed by atoms with Gasteiger partial charge in [0.05, 0.1) is 19.8 Å². The third kappa shape index (κ3) is 4.30. The van der Waals surface area contributed by atoms with Crippen LogP contribution in [0.15, 0.2) is 60.4 Å². The van der Waals surface area contributed by atoms with Crippen molar-refractivity contribution in [3.63, 3.8) is 0 Å². The number of ether oxygens (including phenoxy) is 2. The Bertz CT molecular complexity index is 1260. The molecule has 1 heterocycles. The van der Waals surface area contributed by atoms with E-state index >= 15 is 0 Å². The van der Waals surface area contributed by atoms with Crippen molar-refractivity contribution >= 4 is 23.1 Å². The third-order valence-corrected chi connectivity index (χ3v) is 5.62. The van der Waals surface area contributed by atoms with Crippen LogP contribution in [-0.4, -0.2) is 36.8 Å². The summed E-state index contributed by atoms with van der Waals surface area (Å²) < 4.78 is 24.6. The van der Waals surface area contributed by atoms with Gasteiger partial charge in [0.1, 0.15) is 5.82 Å². The van der Waals surface area contributed by atoms with E-state index in [1.165, 1.54) is 32.5 Å². The lowest BCUT2D eigenvalue weighted by Crippen LogP contribution is -2.25. The average Bonchev–Trinajstić information content (AvgIpc) is 3.08. The number of benzene rings is 2. The minimum Gasteiger partial charge on any atom is -0.502 e. The van der Waals surface area contributed by atoms with Crippen LogP contribution in [0.1, 0.15) is 34.0 Å². The van der Waals surface area contributed by atoms with Crippen molar-refractivity contribution in [3.8, 4) is 17.2 Å². The number of hydrogen-bond donors (Lipinski definition) is 2. The number of allylic oxidation sites excluding steroid dienone is 2. The number of aromatic nitrogens is 1. The molecule has 1 aliphatic carbocycles. The van der Waals surface area contributed by atoms with Gasteiger partial charge in [0, 0.05) is 18.9 Å². The maximum Gasteiger partial charge on any atom is 0.253 e. The summed E-state index contributed by atoms with van der Waals surface area (Å²) >= 11 is 0. The first-order valence-electron chi connectivity index (χ1n) is 10.3. The second kappa shape index (κ2) is 9.16. The molecule has 0 saturated carbocycles. The Balaban J connectivity index is 1.73. The highest BCUT2D eigenvalue weighted by Gasteiger charge is 2.25. The summed E-state index contributed by atoms with van der Waals surface area (Å²) in [6.07, 6.45) is 5.02. The highest BCUT2D eigenvalue weighted by molar-refractivity contribution is 6.06. The number of nitrogens with zero attached hydrogens (tertiary/aromatic N) is 1. The SMILES string of the molecule is COc1cc(/C=C2/C(C)=C(CNC(=O)c3cccnc3)c3cc(F)ccc32)cc(OC)c1O. The van der Waals surface area contributed by atoms with Gasteiger partial charge in [-0.3, -0.25) is 9.78 Å². The first-order valence-corrected chi connectivity index (χ1v) is 10.3. The van der Waals surface area contributed by atoms with Gasteiger partial charge in [-0.15, -0.1) is 0 Å². The molecular formula is C26H23FN2O4. The van der Waals surface area contributed by atoms with E-state index in [9.17, 15) is 14.3 Å². The minimum absolute atomic E-state index is 0.0814. The Labute approximate surface area is 191 Å². The van der Waals surface area contributed by atoms with Crippen LogP contribution in [-0.2, 0) is 0 Å². The van der Waals surface area contributed by atoms with Crippen LogP contribution in [0.25, 0.3) is 17.2 Å². The Hall–Kier alpha value is -4.13. The van der Waals surface area contributed by atoms with Crippen molar-refractivity contribution in [1.29, 1.82) is 0 Å². The summed E-state index contributed by atoms with van der Waals surface area (Å²) in [7, 11) is 2.93. The third-order valence-electron chi connectivity index (χ3n) is 5.62. The van der Waals surface area contributed by atoms with Gasteiger partial charge in [-0.1, -0.05) is 6.07 Å². The van der Waals surface area contributed by atoms with Crippen LogP contribution in [0.4, 0.5) is 4.39 Å². The molecule has 0 unspecified atom stereocenters. The number of halogens is 1. The standard InChI is InChI=1S/C26H23FN2O4/c1-15-20(9-16-10-23(32-2)25(30)24(11-16)33-3)19-7-6-18(27)12-21(19)22(15)14-29-26(31)17-5-4-8-28-13-17/h4-13,30H,14H2,1-3H3,(H,29,31)/b20-9-. The largest absolute Gasteiger partial charge is 0.502 e. The molecule has 1 aromatic heterocycles. The number of carbonyl (C=O) groups excluding carboxylic acids is 1. The fourth-order valence-corrected chi connectivity index (χ4v) is 3.91. The zero-order valence-electron chi connectivity index (χ0n) is 18.5. The Morgan fingerprint density at radius 2 is 1.85 bits per heavy atom. The summed E-state index contributed by atoms with van der Waals surface area (Å²) in [5.74, 6) is -0.131. The lowest BCUT2D eigenvalue weighted by molar-refractivity contribution is 0.0958.